The molecule has 2 heterocycles. The van der Waals surface area contributed by atoms with Crippen molar-refractivity contribution in [2.24, 2.45) is 0 Å². The largest absolute Gasteiger partial charge is 0.372 e. The number of rotatable bonds is 5. The molecule has 1 aliphatic heterocycles. The van der Waals surface area contributed by atoms with Gasteiger partial charge in [-0.1, -0.05) is 0 Å². The van der Waals surface area contributed by atoms with E-state index < -0.39 is 23.9 Å². The Morgan fingerprint density at radius 1 is 1.46 bits per heavy atom. The summed E-state index contributed by atoms with van der Waals surface area (Å²) in [6.45, 7) is 2.67. The highest BCUT2D eigenvalue weighted by Gasteiger charge is 2.47. The van der Waals surface area contributed by atoms with Gasteiger partial charge < -0.3 is 15.0 Å². The van der Waals surface area contributed by atoms with E-state index >= 15 is 0 Å². The van der Waals surface area contributed by atoms with E-state index in [1.54, 1.807) is 23.9 Å². The van der Waals surface area contributed by atoms with E-state index in [0.29, 0.717) is 13.2 Å². The summed E-state index contributed by atoms with van der Waals surface area (Å²) in [6, 6.07) is 0.488. The number of ether oxygens (including phenoxy) is 1. The minimum absolute atomic E-state index is 0.0478. The van der Waals surface area contributed by atoms with E-state index in [-0.39, 0.29) is 31.9 Å². The fourth-order valence-electron chi connectivity index (χ4n) is 3.02. The molecule has 1 aromatic rings. The predicted molar refractivity (Wildman–Crippen MR) is 79.3 cm³/mol. The van der Waals surface area contributed by atoms with Crippen LogP contribution in [0.4, 0.5) is 8.78 Å². The molecule has 2 amide bonds. The van der Waals surface area contributed by atoms with Gasteiger partial charge in [0.1, 0.15) is 12.6 Å². The fourth-order valence-corrected chi connectivity index (χ4v) is 3.02. The molecule has 1 fully saturated rings. The lowest BCUT2D eigenvalue weighted by Gasteiger charge is -2.38. The molecular weight excluding hydrogens is 322 g/mol. The van der Waals surface area contributed by atoms with Crippen LogP contribution in [0.15, 0.2) is 12.3 Å². The number of aromatic nitrogens is 2. The minimum Gasteiger partial charge on any atom is -0.372 e. The second kappa shape index (κ2) is 6.46. The van der Waals surface area contributed by atoms with Crippen molar-refractivity contribution in [3.63, 3.8) is 0 Å². The number of hydrogen-bond acceptors (Lipinski definition) is 4. The van der Waals surface area contributed by atoms with Crippen molar-refractivity contribution in [2.45, 2.75) is 44.3 Å². The summed E-state index contributed by atoms with van der Waals surface area (Å²) in [7, 11) is 0. The van der Waals surface area contributed by atoms with E-state index in [2.05, 4.69) is 10.4 Å². The van der Waals surface area contributed by atoms with Gasteiger partial charge in [-0.3, -0.25) is 14.3 Å². The van der Waals surface area contributed by atoms with Gasteiger partial charge in [0.2, 0.25) is 11.8 Å². The standard InChI is InChI=1S/C15H20F2N4O3/c1-2-24-9-13(22)20-7-11-3-4-18-21(11)12(8-20)14(23)19-10-5-15(16,17)6-10/h3-4,10,12H,2,5-9H2,1H3,(H,19,23)/t12-/m1/s1. The molecule has 1 saturated carbocycles. The summed E-state index contributed by atoms with van der Waals surface area (Å²) < 4.78 is 32.5. The van der Waals surface area contributed by atoms with E-state index in [0.717, 1.165) is 5.69 Å². The molecule has 3 rings (SSSR count). The molecule has 7 nitrogen and oxygen atoms in total. The molecule has 0 unspecified atom stereocenters. The number of hydrogen-bond donors (Lipinski definition) is 1. The van der Waals surface area contributed by atoms with Crippen LogP contribution in [0.1, 0.15) is 31.5 Å². The lowest BCUT2D eigenvalue weighted by Crippen LogP contribution is -2.54. The van der Waals surface area contributed by atoms with Crippen molar-refractivity contribution in [1.29, 1.82) is 0 Å². The van der Waals surface area contributed by atoms with Crippen molar-refractivity contribution in [3.8, 4) is 0 Å². The van der Waals surface area contributed by atoms with Crippen LogP contribution >= 0.6 is 0 Å². The molecule has 1 N–H and O–H groups in total. The van der Waals surface area contributed by atoms with Gasteiger partial charge in [0.25, 0.3) is 5.92 Å². The molecule has 24 heavy (non-hydrogen) atoms. The summed E-state index contributed by atoms with van der Waals surface area (Å²) in [5.74, 6) is -3.30. The first-order valence-electron chi connectivity index (χ1n) is 7.96. The Morgan fingerprint density at radius 2 is 2.21 bits per heavy atom. The highest BCUT2D eigenvalue weighted by Crippen LogP contribution is 2.37. The molecule has 1 atom stereocenters. The zero-order valence-corrected chi connectivity index (χ0v) is 13.4. The number of nitrogens with one attached hydrogen (secondary N) is 1. The van der Waals surface area contributed by atoms with Gasteiger partial charge in [-0.05, 0) is 13.0 Å². The van der Waals surface area contributed by atoms with Crippen LogP contribution in [0.5, 0.6) is 0 Å². The normalized spacial score (nSPS) is 22.6. The Kier molecular flexibility index (Phi) is 4.53. The number of nitrogens with zero attached hydrogens (tertiary/aromatic N) is 3. The molecule has 0 radical (unpaired) electrons. The van der Waals surface area contributed by atoms with Gasteiger partial charge >= 0.3 is 0 Å². The Balaban J connectivity index is 1.67. The Bertz CT molecular complexity index is 626. The average Bonchev–Trinajstić information content (AvgIpc) is 2.98. The molecule has 0 spiro atoms. The van der Waals surface area contributed by atoms with Crippen LogP contribution < -0.4 is 5.32 Å². The second-order valence-electron chi connectivity index (χ2n) is 6.16. The van der Waals surface area contributed by atoms with Gasteiger partial charge in [-0.15, -0.1) is 0 Å². The second-order valence-corrected chi connectivity index (χ2v) is 6.16. The van der Waals surface area contributed by atoms with E-state index in [1.807, 2.05) is 0 Å². The number of alkyl halides is 2. The summed E-state index contributed by atoms with van der Waals surface area (Å²) in [5.41, 5.74) is 0.727. The number of carbonyl (C=O) groups is 2. The third-order valence-corrected chi connectivity index (χ3v) is 4.32. The first-order valence-corrected chi connectivity index (χ1v) is 7.96. The van der Waals surface area contributed by atoms with Crippen molar-refractivity contribution in [3.05, 3.63) is 18.0 Å². The molecule has 9 heteroatoms. The third-order valence-electron chi connectivity index (χ3n) is 4.32. The molecule has 0 aromatic carbocycles. The number of carbonyl (C=O) groups excluding carboxylic acids is 2. The van der Waals surface area contributed by atoms with Crippen LogP contribution in [0.25, 0.3) is 0 Å². The maximum atomic E-state index is 12.9. The number of halogens is 2. The minimum atomic E-state index is -2.69. The molecular formula is C15H20F2N4O3. The van der Waals surface area contributed by atoms with Crippen molar-refractivity contribution < 1.29 is 23.1 Å². The van der Waals surface area contributed by atoms with Crippen LogP contribution in [0.2, 0.25) is 0 Å². The van der Waals surface area contributed by atoms with E-state index in [1.165, 1.54) is 4.90 Å². The van der Waals surface area contributed by atoms with Gasteiger partial charge in [0, 0.05) is 31.7 Å². The van der Waals surface area contributed by atoms with Gasteiger partial charge in [-0.2, -0.15) is 5.10 Å². The lowest BCUT2D eigenvalue weighted by molar-refractivity contribution is -0.141. The summed E-state index contributed by atoms with van der Waals surface area (Å²) >= 11 is 0. The topological polar surface area (TPSA) is 76.5 Å². The van der Waals surface area contributed by atoms with Gasteiger partial charge in [0.05, 0.1) is 18.8 Å². The Hall–Kier alpha value is -2.03. The first kappa shape index (κ1) is 16.8. The molecule has 1 aliphatic carbocycles. The molecule has 0 saturated heterocycles. The summed E-state index contributed by atoms with van der Waals surface area (Å²) in [5, 5.41) is 6.76. The van der Waals surface area contributed by atoms with Crippen LogP contribution in [0, 0.1) is 0 Å². The predicted octanol–water partition coefficient (Wildman–Crippen LogP) is 0.717. The summed E-state index contributed by atoms with van der Waals surface area (Å²) in [6.07, 6.45) is 0.873. The zero-order valence-electron chi connectivity index (χ0n) is 13.4. The summed E-state index contributed by atoms with van der Waals surface area (Å²) in [4.78, 5) is 26.2. The molecule has 132 valence electrons. The van der Waals surface area contributed by atoms with Crippen molar-refractivity contribution in [2.75, 3.05) is 19.8 Å². The molecule has 2 aliphatic rings. The average molecular weight is 342 g/mol. The molecule has 0 bridgehead atoms. The van der Waals surface area contributed by atoms with Crippen LogP contribution in [-0.2, 0) is 20.9 Å². The van der Waals surface area contributed by atoms with E-state index in [9.17, 15) is 18.4 Å². The van der Waals surface area contributed by atoms with E-state index in [4.69, 9.17) is 4.74 Å². The zero-order chi connectivity index (χ0) is 17.3. The lowest BCUT2D eigenvalue weighted by atomic mass is 9.88. The number of amides is 2. The highest BCUT2D eigenvalue weighted by molar-refractivity contribution is 5.83. The van der Waals surface area contributed by atoms with Crippen molar-refractivity contribution in [1.82, 2.24) is 20.0 Å². The highest BCUT2D eigenvalue weighted by atomic mass is 19.3. The third kappa shape index (κ3) is 3.40. The van der Waals surface area contributed by atoms with Crippen molar-refractivity contribution >= 4 is 11.8 Å². The SMILES string of the molecule is CCOCC(=O)N1Cc2ccnn2[C@@H](C(=O)NC2CC(F)(F)C2)C1. The Labute approximate surface area is 137 Å². The van der Waals surface area contributed by atoms with Gasteiger partial charge in [-0.25, -0.2) is 8.78 Å². The maximum absolute atomic E-state index is 12.9. The Morgan fingerprint density at radius 3 is 2.88 bits per heavy atom. The smallest absolute Gasteiger partial charge is 0.252 e. The fraction of sp³-hybridized carbons (Fsp3) is 0.667. The number of fused-ring (bicyclic) bond motifs is 1. The first-order chi connectivity index (χ1) is 11.4. The molecule has 1 aromatic heterocycles. The maximum Gasteiger partial charge on any atom is 0.252 e. The quantitative estimate of drug-likeness (QED) is 0.855. The van der Waals surface area contributed by atoms with Crippen LogP contribution in [0.3, 0.4) is 0 Å². The van der Waals surface area contributed by atoms with Crippen LogP contribution in [-0.4, -0.2) is 58.2 Å². The van der Waals surface area contributed by atoms with Gasteiger partial charge in [0.15, 0.2) is 0 Å². The monoisotopic (exact) mass is 342 g/mol.